The third kappa shape index (κ3) is 3.49. The third-order valence-corrected chi connectivity index (χ3v) is 5.15. The molecule has 0 amide bonds. The molecule has 1 aliphatic rings. The molecular weight excluding hydrogens is 280 g/mol. The molecule has 1 saturated carbocycles. The van der Waals surface area contributed by atoms with Crippen LogP contribution < -0.4 is 0 Å². The van der Waals surface area contributed by atoms with E-state index in [9.17, 15) is 0 Å². The van der Waals surface area contributed by atoms with Gasteiger partial charge < -0.3 is 4.42 Å². The summed E-state index contributed by atoms with van der Waals surface area (Å²) in [5, 5.41) is 9.72. The maximum absolute atomic E-state index is 5.80. The van der Waals surface area contributed by atoms with E-state index in [0.29, 0.717) is 16.4 Å². The van der Waals surface area contributed by atoms with Crippen molar-refractivity contribution in [1.82, 2.24) is 10.2 Å². The van der Waals surface area contributed by atoms with Crippen molar-refractivity contribution < 1.29 is 4.42 Å². The summed E-state index contributed by atoms with van der Waals surface area (Å²) in [6.45, 7) is 6.64. The first-order chi connectivity index (χ1) is 10.0. The first-order valence-corrected chi connectivity index (χ1v) is 8.51. The van der Waals surface area contributed by atoms with E-state index in [1.54, 1.807) is 11.8 Å². The van der Waals surface area contributed by atoms with Gasteiger partial charge >= 0.3 is 0 Å². The molecule has 0 radical (unpaired) electrons. The molecule has 4 heteroatoms. The van der Waals surface area contributed by atoms with Crippen molar-refractivity contribution in [3.63, 3.8) is 0 Å². The van der Waals surface area contributed by atoms with Crippen molar-refractivity contribution in [2.24, 2.45) is 0 Å². The number of thioether (sulfide) groups is 1. The molecule has 1 fully saturated rings. The predicted octanol–water partition coefficient (Wildman–Crippen LogP) is 5.07. The Balaban J connectivity index is 1.73. The zero-order chi connectivity index (χ0) is 14.9. The molecule has 0 aliphatic heterocycles. The molecule has 2 aromatic rings. The number of aromatic nitrogens is 2. The first-order valence-electron chi connectivity index (χ1n) is 7.63. The summed E-state index contributed by atoms with van der Waals surface area (Å²) in [7, 11) is 0. The highest BCUT2D eigenvalue weighted by molar-refractivity contribution is 7.99. The maximum Gasteiger partial charge on any atom is 0.277 e. The van der Waals surface area contributed by atoms with E-state index in [4.69, 9.17) is 4.42 Å². The normalized spacial score (nSPS) is 16.5. The van der Waals surface area contributed by atoms with Gasteiger partial charge in [0.15, 0.2) is 0 Å². The second-order valence-corrected chi connectivity index (χ2v) is 7.98. The summed E-state index contributed by atoms with van der Waals surface area (Å²) in [4.78, 5) is 0. The molecule has 3 nitrogen and oxygen atoms in total. The van der Waals surface area contributed by atoms with Crippen molar-refractivity contribution in [3.05, 3.63) is 29.8 Å². The molecule has 0 unspecified atom stereocenters. The number of benzene rings is 1. The second kappa shape index (κ2) is 5.84. The summed E-state index contributed by atoms with van der Waals surface area (Å²) in [5.41, 5.74) is 2.47. The molecular formula is C17H22N2OS. The lowest BCUT2D eigenvalue weighted by atomic mass is 9.87. The third-order valence-electron chi connectivity index (χ3n) is 3.97. The molecule has 0 saturated heterocycles. The Kier molecular flexibility index (Phi) is 4.07. The average molecular weight is 302 g/mol. The van der Waals surface area contributed by atoms with Crippen LogP contribution in [0.15, 0.2) is 33.9 Å². The van der Waals surface area contributed by atoms with Crippen LogP contribution in [0.3, 0.4) is 0 Å². The predicted molar refractivity (Wildman–Crippen MR) is 86.5 cm³/mol. The second-order valence-electron chi connectivity index (χ2n) is 6.72. The van der Waals surface area contributed by atoms with Gasteiger partial charge in [-0.05, 0) is 36.0 Å². The standard InChI is InChI=1S/C17H22N2OS/c1-17(2,3)13-10-8-12(9-11-13)15-18-19-16(20-15)21-14-6-4-5-7-14/h8-11,14H,4-7H2,1-3H3. The molecule has 0 bridgehead atoms. The fourth-order valence-corrected chi connectivity index (χ4v) is 3.70. The molecule has 3 rings (SSSR count). The average Bonchev–Trinajstić information content (AvgIpc) is 3.10. The number of hydrogen-bond acceptors (Lipinski definition) is 4. The highest BCUT2D eigenvalue weighted by atomic mass is 32.2. The van der Waals surface area contributed by atoms with Crippen LogP contribution in [0.25, 0.3) is 11.5 Å². The highest BCUT2D eigenvalue weighted by Crippen LogP contribution is 2.35. The summed E-state index contributed by atoms with van der Waals surface area (Å²) in [6, 6.07) is 8.42. The lowest BCUT2D eigenvalue weighted by Gasteiger charge is -2.18. The van der Waals surface area contributed by atoms with Crippen molar-refractivity contribution in [2.45, 2.75) is 62.3 Å². The van der Waals surface area contributed by atoms with Gasteiger partial charge in [0, 0.05) is 10.8 Å². The van der Waals surface area contributed by atoms with E-state index < -0.39 is 0 Å². The highest BCUT2D eigenvalue weighted by Gasteiger charge is 2.20. The summed E-state index contributed by atoms with van der Waals surface area (Å²) in [6.07, 6.45) is 5.19. The van der Waals surface area contributed by atoms with Crippen LogP contribution in [-0.4, -0.2) is 15.4 Å². The van der Waals surface area contributed by atoms with E-state index in [-0.39, 0.29) is 5.41 Å². The Hall–Kier alpha value is -1.29. The Morgan fingerprint density at radius 1 is 1.05 bits per heavy atom. The molecule has 1 aliphatic carbocycles. The summed E-state index contributed by atoms with van der Waals surface area (Å²) < 4.78 is 5.80. The smallest absolute Gasteiger partial charge is 0.277 e. The largest absolute Gasteiger partial charge is 0.411 e. The number of rotatable bonds is 3. The Morgan fingerprint density at radius 2 is 1.71 bits per heavy atom. The lowest BCUT2D eigenvalue weighted by molar-refractivity contribution is 0.464. The van der Waals surface area contributed by atoms with Crippen LogP contribution >= 0.6 is 11.8 Å². The molecule has 0 atom stereocenters. The van der Waals surface area contributed by atoms with Gasteiger partial charge in [0.2, 0.25) is 5.89 Å². The van der Waals surface area contributed by atoms with Crippen LogP contribution in [0.5, 0.6) is 0 Å². The summed E-state index contributed by atoms with van der Waals surface area (Å²) >= 11 is 1.73. The van der Waals surface area contributed by atoms with Crippen LogP contribution in [0.2, 0.25) is 0 Å². The number of nitrogens with zero attached hydrogens (tertiary/aromatic N) is 2. The topological polar surface area (TPSA) is 38.9 Å². The minimum Gasteiger partial charge on any atom is -0.411 e. The molecule has 112 valence electrons. The fraction of sp³-hybridized carbons (Fsp3) is 0.529. The van der Waals surface area contributed by atoms with Gasteiger partial charge in [-0.15, -0.1) is 10.2 Å². The van der Waals surface area contributed by atoms with Gasteiger partial charge in [0.1, 0.15) is 0 Å². The lowest BCUT2D eigenvalue weighted by Crippen LogP contribution is -2.10. The van der Waals surface area contributed by atoms with E-state index in [1.807, 2.05) is 0 Å². The van der Waals surface area contributed by atoms with Gasteiger partial charge in [-0.3, -0.25) is 0 Å². The van der Waals surface area contributed by atoms with Crippen LogP contribution in [-0.2, 0) is 5.41 Å². The van der Waals surface area contributed by atoms with E-state index in [1.165, 1.54) is 31.2 Å². The maximum atomic E-state index is 5.80. The van der Waals surface area contributed by atoms with Gasteiger partial charge in [0.25, 0.3) is 5.22 Å². The van der Waals surface area contributed by atoms with Crippen LogP contribution in [0, 0.1) is 0 Å². The van der Waals surface area contributed by atoms with Gasteiger partial charge in [0.05, 0.1) is 0 Å². The SMILES string of the molecule is CC(C)(C)c1ccc(-c2nnc(SC3CCCC3)o2)cc1. The minimum absolute atomic E-state index is 0.164. The Morgan fingerprint density at radius 3 is 2.33 bits per heavy atom. The van der Waals surface area contributed by atoms with Crippen molar-refractivity contribution in [3.8, 4) is 11.5 Å². The molecule has 0 N–H and O–H groups in total. The van der Waals surface area contributed by atoms with E-state index in [0.717, 1.165) is 5.56 Å². The first kappa shape index (κ1) is 14.6. The van der Waals surface area contributed by atoms with Gasteiger partial charge in [-0.2, -0.15) is 0 Å². The Bertz CT molecular complexity index is 592. The van der Waals surface area contributed by atoms with Crippen LogP contribution in [0.4, 0.5) is 0 Å². The van der Waals surface area contributed by atoms with Gasteiger partial charge in [-0.25, -0.2) is 0 Å². The van der Waals surface area contributed by atoms with Crippen molar-refractivity contribution in [2.75, 3.05) is 0 Å². The minimum atomic E-state index is 0.164. The van der Waals surface area contributed by atoms with Crippen molar-refractivity contribution in [1.29, 1.82) is 0 Å². The summed E-state index contributed by atoms with van der Waals surface area (Å²) in [5.74, 6) is 0.621. The van der Waals surface area contributed by atoms with Gasteiger partial charge in [-0.1, -0.05) is 57.5 Å². The Labute approximate surface area is 130 Å². The molecule has 1 aromatic heterocycles. The molecule has 21 heavy (non-hydrogen) atoms. The zero-order valence-corrected chi connectivity index (χ0v) is 13.7. The zero-order valence-electron chi connectivity index (χ0n) is 12.9. The van der Waals surface area contributed by atoms with Crippen molar-refractivity contribution >= 4 is 11.8 Å². The fourth-order valence-electron chi connectivity index (χ4n) is 2.64. The van der Waals surface area contributed by atoms with Crippen LogP contribution in [0.1, 0.15) is 52.0 Å². The molecule has 1 aromatic carbocycles. The number of hydrogen-bond donors (Lipinski definition) is 0. The van der Waals surface area contributed by atoms with E-state index in [2.05, 4.69) is 55.2 Å². The quantitative estimate of drug-likeness (QED) is 0.793. The molecule has 0 spiro atoms. The monoisotopic (exact) mass is 302 g/mol. The van der Waals surface area contributed by atoms with E-state index >= 15 is 0 Å². The molecule has 1 heterocycles.